The molecule has 2 amide bonds. The van der Waals surface area contributed by atoms with Crippen molar-refractivity contribution in [2.45, 2.75) is 38.1 Å². The number of ether oxygens (including phenoxy) is 1. The highest BCUT2D eigenvalue weighted by Crippen LogP contribution is 2.34. The summed E-state index contributed by atoms with van der Waals surface area (Å²) in [6, 6.07) is 11.5. The number of amides is 2. The van der Waals surface area contributed by atoms with Crippen LogP contribution in [-0.4, -0.2) is 50.8 Å². The quantitative estimate of drug-likeness (QED) is 0.707. The van der Waals surface area contributed by atoms with Crippen LogP contribution in [0.5, 0.6) is 5.75 Å². The van der Waals surface area contributed by atoms with Gasteiger partial charge in [-0.3, -0.25) is 9.59 Å². The Morgan fingerprint density at radius 3 is 2.48 bits per heavy atom. The van der Waals surface area contributed by atoms with Crippen LogP contribution in [0.3, 0.4) is 0 Å². The number of fused-ring (bicyclic) bond motifs is 1. The number of hydrogen-bond donors (Lipinski definition) is 1. The third kappa shape index (κ3) is 4.88. The predicted molar refractivity (Wildman–Crippen MR) is 119 cm³/mol. The molecule has 1 aliphatic heterocycles. The van der Waals surface area contributed by atoms with Crippen LogP contribution in [0.15, 0.2) is 47.4 Å². The second kappa shape index (κ2) is 9.07. The molecule has 0 bridgehead atoms. The first-order chi connectivity index (χ1) is 14.6. The van der Waals surface area contributed by atoms with E-state index >= 15 is 0 Å². The Kier molecular flexibility index (Phi) is 6.66. The number of anilines is 2. The average molecular weight is 446 g/mol. The number of carbonyl (C=O) groups is 2. The molecule has 9 heteroatoms. The molecule has 31 heavy (non-hydrogen) atoms. The van der Waals surface area contributed by atoms with E-state index in [1.54, 1.807) is 41.3 Å². The summed E-state index contributed by atoms with van der Waals surface area (Å²) in [5.41, 5.74) is 2.08. The standard InChI is InChI=1S/C22H27N3O5S/c1-5-30-19-8-6-18(7-9-19)23-22(27)14-24(4)31(28,29)20-10-11-21-17(13-20)12-15(2)25(21)16(3)26/h6-11,13,15H,5,12,14H2,1-4H3,(H,23,27). The number of hydrogen-bond acceptors (Lipinski definition) is 5. The number of carbonyl (C=O) groups excluding carboxylic acids is 2. The Bertz CT molecular complexity index is 1080. The monoisotopic (exact) mass is 445 g/mol. The van der Waals surface area contributed by atoms with Crippen molar-refractivity contribution in [3.05, 3.63) is 48.0 Å². The summed E-state index contributed by atoms with van der Waals surface area (Å²) in [5.74, 6) is 0.159. The summed E-state index contributed by atoms with van der Waals surface area (Å²) in [7, 11) is -2.50. The Labute approximate surface area is 182 Å². The van der Waals surface area contributed by atoms with E-state index in [1.807, 2.05) is 13.8 Å². The zero-order chi connectivity index (χ0) is 22.8. The lowest BCUT2D eigenvalue weighted by Gasteiger charge is -2.21. The van der Waals surface area contributed by atoms with Crippen LogP contribution in [0.25, 0.3) is 0 Å². The average Bonchev–Trinajstić information content (AvgIpc) is 3.04. The zero-order valence-electron chi connectivity index (χ0n) is 18.1. The zero-order valence-corrected chi connectivity index (χ0v) is 18.9. The molecule has 0 aromatic heterocycles. The molecule has 1 unspecified atom stereocenters. The Balaban J connectivity index is 1.70. The summed E-state index contributed by atoms with van der Waals surface area (Å²) in [6.45, 7) is 5.51. The van der Waals surface area contributed by atoms with E-state index in [-0.39, 0.29) is 23.4 Å². The predicted octanol–water partition coefficient (Wildman–Crippen LogP) is 2.64. The van der Waals surface area contributed by atoms with Crippen molar-refractivity contribution >= 4 is 33.2 Å². The number of sulfonamides is 1. The number of rotatable bonds is 7. The Morgan fingerprint density at radius 1 is 1.19 bits per heavy atom. The molecule has 0 saturated heterocycles. The van der Waals surface area contributed by atoms with Crippen molar-refractivity contribution in [1.82, 2.24) is 4.31 Å². The topological polar surface area (TPSA) is 96.0 Å². The maximum absolute atomic E-state index is 13.0. The van der Waals surface area contributed by atoms with E-state index in [0.717, 1.165) is 15.6 Å². The second-order valence-electron chi connectivity index (χ2n) is 7.50. The lowest BCUT2D eigenvalue weighted by atomic mass is 10.1. The highest BCUT2D eigenvalue weighted by molar-refractivity contribution is 7.89. The first-order valence-electron chi connectivity index (χ1n) is 10.0. The van der Waals surface area contributed by atoms with Crippen LogP contribution >= 0.6 is 0 Å². The second-order valence-corrected chi connectivity index (χ2v) is 9.54. The fourth-order valence-corrected chi connectivity index (χ4v) is 4.89. The number of nitrogens with zero attached hydrogens (tertiary/aromatic N) is 2. The minimum atomic E-state index is -3.87. The van der Waals surface area contributed by atoms with Crippen molar-refractivity contribution in [3.8, 4) is 5.75 Å². The largest absolute Gasteiger partial charge is 0.494 e. The van der Waals surface area contributed by atoms with Crippen LogP contribution in [0.4, 0.5) is 11.4 Å². The lowest BCUT2D eigenvalue weighted by Crippen LogP contribution is -2.35. The smallest absolute Gasteiger partial charge is 0.243 e. The van der Waals surface area contributed by atoms with Crippen LogP contribution < -0.4 is 15.0 Å². The molecule has 0 radical (unpaired) electrons. The van der Waals surface area contributed by atoms with E-state index in [9.17, 15) is 18.0 Å². The van der Waals surface area contributed by atoms with Gasteiger partial charge in [-0.15, -0.1) is 0 Å². The first-order valence-corrected chi connectivity index (χ1v) is 11.5. The van der Waals surface area contributed by atoms with Crippen molar-refractivity contribution in [2.24, 2.45) is 0 Å². The molecular formula is C22H27N3O5S. The van der Waals surface area contributed by atoms with Gasteiger partial charge in [-0.25, -0.2) is 8.42 Å². The number of nitrogens with one attached hydrogen (secondary N) is 1. The maximum Gasteiger partial charge on any atom is 0.243 e. The minimum absolute atomic E-state index is 0.0249. The summed E-state index contributed by atoms with van der Waals surface area (Å²) in [4.78, 5) is 26.0. The molecule has 1 aliphatic rings. The van der Waals surface area contributed by atoms with E-state index in [0.29, 0.717) is 24.5 Å². The van der Waals surface area contributed by atoms with Gasteiger partial charge in [0.15, 0.2) is 0 Å². The third-order valence-electron chi connectivity index (χ3n) is 5.13. The van der Waals surface area contributed by atoms with Crippen molar-refractivity contribution in [3.63, 3.8) is 0 Å². The molecule has 0 saturated carbocycles. The molecule has 0 aliphatic carbocycles. The summed E-state index contributed by atoms with van der Waals surface area (Å²) in [6.07, 6.45) is 0.584. The molecule has 3 rings (SSSR count). The van der Waals surface area contributed by atoms with Crippen LogP contribution in [-0.2, 0) is 26.0 Å². The van der Waals surface area contributed by atoms with Gasteiger partial charge < -0.3 is 15.0 Å². The maximum atomic E-state index is 13.0. The van der Waals surface area contributed by atoms with E-state index < -0.39 is 15.9 Å². The minimum Gasteiger partial charge on any atom is -0.494 e. The van der Waals surface area contributed by atoms with Gasteiger partial charge in [0, 0.05) is 31.4 Å². The highest BCUT2D eigenvalue weighted by Gasteiger charge is 2.31. The Hall–Kier alpha value is -2.91. The van der Waals surface area contributed by atoms with Crippen LogP contribution in [0, 0.1) is 0 Å². The third-order valence-corrected chi connectivity index (χ3v) is 6.93. The van der Waals surface area contributed by atoms with Crippen molar-refractivity contribution in [2.75, 3.05) is 30.4 Å². The van der Waals surface area contributed by atoms with Crippen molar-refractivity contribution in [1.29, 1.82) is 0 Å². The molecule has 8 nitrogen and oxygen atoms in total. The molecule has 166 valence electrons. The number of likely N-dealkylation sites (N-methyl/N-ethyl adjacent to an activating group) is 1. The van der Waals surface area contributed by atoms with Gasteiger partial charge in [0.2, 0.25) is 21.8 Å². The van der Waals surface area contributed by atoms with Gasteiger partial charge in [0.05, 0.1) is 18.0 Å². The SMILES string of the molecule is CCOc1ccc(NC(=O)CN(C)S(=O)(=O)c2ccc3c(c2)CC(C)N3C(C)=O)cc1. The molecule has 0 fully saturated rings. The van der Waals surface area contributed by atoms with Gasteiger partial charge in [0.25, 0.3) is 0 Å². The molecule has 1 heterocycles. The van der Waals surface area contributed by atoms with E-state index in [4.69, 9.17) is 4.74 Å². The fraction of sp³-hybridized carbons (Fsp3) is 0.364. The van der Waals surface area contributed by atoms with Gasteiger partial charge in [-0.05, 0) is 68.3 Å². The Morgan fingerprint density at radius 2 is 1.87 bits per heavy atom. The molecule has 1 N–H and O–H groups in total. The molecule has 0 spiro atoms. The molecule has 2 aromatic rings. The molecule has 1 atom stereocenters. The van der Waals surface area contributed by atoms with Gasteiger partial charge in [-0.2, -0.15) is 4.31 Å². The molecular weight excluding hydrogens is 418 g/mol. The van der Waals surface area contributed by atoms with E-state index in [2.05, 4.69) is 5.32 Å². The van der Waals surface area contributed by atoms with Gasteiger partial charge in [-0.1, -0.05) is 0 Å². The highest BCUT2D eigenvalue weighted by atomic mass is 32.2. The number of benzene rings is 2. The van der Waals surface area contributed by atoms with Crippen LogP contribution in [0.1, 0.15) is 26.3 Å². The summed E-state index contributed by atoms with van der Waals surface area (Å²) >= 11 is 0. The summed E-state index contributed by atoms with van der Waals surface area (Å²) < 4.78 is 32.3. The normalized spacial score (nSPS) is 15.6. The fourth-order valence-electron chi connectivity index (χ4n) is 3.72. The van der Waals surface area contributed by atoms with Crippen molar-refractivity contribution < 1.29 is 22.7 Å². The van der Waals surface area contributed by atoms with Crippen LogP contribution in [0.2, 0.25) is 0 Å². The lowest BCUT2D eigenvalue weighted by molar-refractivity contribution is -0.117. The summed E-state index contributed by atoms with van der Waals surface area (Å²) in [5, 5.41) is 2.69. The first kappa shape index (κ1) is 22.8. The van der Waals surface area contributed by atoms with Gasteiger partial charge in [0.1, 0.15) is 5.75 Å². The van der Waals surface area contributed by atoms with Gasteiger partial charge >= 0.3 is 0 Å². The van der Waals surface area contributed by atoms with E-state index in [1.165, 1.54) is 20.0 Å². The molecule has 2 aromatic carbocycles.